The highest BCUT2D eigenvalue weighted by Gasteiger charge is 2.20. The SMILES string of the molecule is COC(=O)c1ccc(NC(=O)CN2CCN(c3ncccn3)CC2)cc1. The molecule has 1 fully saturated rings. The van der Waals surface area contributed by atoms with Gasteiger partial charge < -0.3 is 15.0 Å². The van der Waals surface area contributed by atoms with E-state index >= 15 is 0 Å². The first-order valence-corrected chi connectivity index (χ1v) is 8.38. The molecule has 1 saturated heterocycles. The quantitative estimate of drug-likeness (QED) is 0.801. The first-order chi connectivity index (χ1) is 12.7. The highest BCUT2D eigenvalue weighted by molar-refractivity contribution is 5.94. The molecule has 8 nitrogen and oxygen atoms in total. The Kier molecular flexibility index (Phi) is 5.75. The smallest absolute Gasteiger partial charge is 0.337 e. The summed E-state index contributed by atoms with van der Waals surface area (Å²) in [7, 11) is 1.34. The third-order valence-electron chi connectivity index (χ3n) is 4.16. The number of aromatic nitrogens is 2. The van der Waals surface area contributed by atoms with E-state index in [-0.39, 0.29) is 5.91 Å². The lowest BCUT2D eigenvalue weighted by molar-refractivity contribution is -0.117. The molecular weight excluding hydrogens is 334 g/mol. The molecule has 0 bridgehead atoms. The van der Waals surface area contributed by atoms with E-state index in [0.29, 0.717) is 17.8 Å². The van der Waals surface area contributed by atoms with Crippen molar-refractivity contribution in [1.82, 2.24) is 14.9 Å². The number of hydrogen-bond donors (Lipinski definition) is 1. The fourth-order valence-corrected chi connectivity index (χ4v) is 2.77. The van der Waals surface area contributed by atoms with E-state index in [1.165, 1.54) is 7.11 Å². The lowest BCUT2D eigenvalue weighted by atomic mass is 10.2. The van der Waals surface area contributed by atoms with Gasteiger partial charge in [0.15, 0.2) is 0 Å². The van der Waals surface area contributed by atoms with Gasteiger partial charge in [0.05, 0.1) is 19.2 Å². The van der Waals surface area contributed by atoms with Crippen LogP contribution in [0.5, 0.6) is 0 Å². The number of carbonyl (C=O) groups excluding carboxylic acids is 2. The van der Waals surface area contributed by atoms with E-state index in [1.807, 2.05) is 0 Å². The van der Waals surface area contributed by atoms with Crippen LogP contribution in [-0.4, -0.2) is 66.6 Å². The van der Waals surface area contributed by atoms with Gasteiger partial charge in [0.2, 0.25) is 11.9 Å². The van der Waals surface area contributed by atoms with Crippen LogP contribution in [0.2, 0.25) is 0 Å². The van der Waals surface area contributed by atoms with Crippen molar-refractivity contribution in [2.75, 3.05) is 50.1 Å². The fraction of sp³-hybridized carbons (Fsp3) is 0.333. The Morgan fingerprint density at radius 1 is 1.08 bits per heavy atom. The molecule has 0 radical (unpaired) electrons. The van der Waals surface area contributed by atoms with Crippen LogP contribution in [0.25, 0.3) is 0 Å². The molecule has 1 aromatic carbocycles. The van der Waals surface area contributed by atoms with Crippen molar-refractivity contribution < 1.29 is 14.3 Å². The predicted molar refractivity (Wildman–Crippen MR) is 97.1 cm³/mol. The maximum atomic E-state index is 12.2. The van der Waals surface area contributed by atoms with Crippen LogP contribution in [0, 0.1) is 0 Å². The molecule has 3 rings (SSSR count). The summed E-state index contributed by atoms with van der Waals surface area (Å²) in [6.45, 7) is 3.43. The summed E-state index contributed by atoms with van der Waals surface area (Å²) in [5.41, 5.74) is 1.10. The molecule has 1 aliphatic heterocycles. The zero-order valence-corrected chi connectivity index (χ0v) is 14.6. The molecule has 0 saturated carbocycles. The van der Waals surface area contributed by atoms with Crippen molar-refractivity contribution in [3.05, 3.63) is 48.3 Å². The Hall–Kier alpha value is -3.00. The van der Waals surface area contributed by atoms with Crippen molar-refractivity contribution in [2.24, 2.45) is 0 Å². The van der Waals surface area contributed by atoms with Crippen LogP contribution < -0.4 is 10.2 Å². The minimum atomic E-state index is -0.400. The average Bonchev–Trinajstić information content (AvgIpc) is 2.69. The number of carbonyl (C=O) groups is 2. The summed E-state index contributed by atoms with van der Waals surface area (Å²) in [4.78, 5) is 36.3. The van der Waals surface area contributed by atoms with Crippen molar-refractivity contribution in [3.8, 4) is 0 Å². The van der Waals surface area contributed by atoms with E-state index in [1.54, 1.807) is 42.7 Å². The zero-order valence-electron chi connectivity index (χ0n) is 14.6. The molecule has 136 valence electrons. The van der Waals surface area contributed by atoms with Crippen LogP contribution in [0.3, 0.4) is 0 Å². The van der Waals surface area contributed by atoms with Crippen molar-refractivity contribution in [1.29, 1.82) is 0 Å². The van der Waals surface area contributed by atoms with Gasteiger partial charge in [-0.2, -0.15) is 0 Å². The van der Waals surface area contributed by atoms with Crippen LogP contribution in [-0.2, 0) is 9.53 Å². The van der Waals surface area contributed by atoms with Gasteiger partial charge in [-0.05, 0) is 30.3 Å². The van der Waals surface area contributed by atoms with E-state index in [9.17, 15) is 9.59 Å². The summed E-state index contributed by atoms with van der Waals surface area (Å²) in [6.07, 6.45) is 3.46. The largest absolute Gasteiger partial charge is 0.465 e. The molecule has 1 amide bonds. The fourth-order valence-electron chi connectivity index (χ4n) is 2.77. The number of esters is 1. The van der Waals surface area contributed by atoms with Crippen molar-refractivity contribution >= 4 is 23.5 Å². The van der Waals surface area contributed by atoms with Crippen molar-refractivity contribution in [2.45, 2.75) is 0 Å². The summed E-state index contributed by atoms with van der Waals surface area (Å²) < 4.78 is 4.65. The third kappa shape index (κ3) is 4.54. The first-order valence-electron chi connectivity index (χ1n) is 8.38. The van der Waals surface area contributed by atoms with Gasteiger partial charge in [-0.1, -0.05) is 0 Å². The summed E-state index contributed by atoms with van der Waals surface area (Å²) >= 11 is 0. The Morgan fingerprint density at radius 2 is 1.73 bits per heavy atom. The van der Waals surface area contributed by atoms with Crippen LogP contribution in [0.1, 0.15) is 10.4 Å². The Balaban J connectivity index is 1.46. The predicted octanol–water partition coefficient (Wildman–Crippen LogP) is 1.02. The highest BCUT2D eigenvalue weighted by Crippen LogP contribution is 2.12. The summed E-state index contributed by atoms with van der Waals surface area (Å²) in [5.74, 6) is 0.241. The molecule has 0 aliphatic carbocycles. The number of ether oxygens (including phenoxy) is 1. The van der Waals surface area contributed by atoms with E-state index in [0.717, 1.165) is 32.1 Å². The number of amides is 1. The number of hydrogen-bond acceptors (Lipinski definition) is 7. The average molecular weight is 355 g/mol. The second kappa shape index (κ2) is 8.39. The Bertz CT molecular complexity index is 743. The lowest BCUT2D eigenvalue weighted by Crippen LogP contribution is -2.49. The minimum absolute atomic E-state index is 0.0831. The Morgan fingerprint density at radius 3 is 2.35 bits per heavy atom. The molecule has 0 unspecified atom stereocenters. The van der Waals surface area contributed by atoms with E-state index in [2.05, 4.69) is 29.8 Å². The normalized spacial score (nSPS) is 14.7. The molecule has 2 heterocycles. The van der Waals surface area contributed by atoms with Gasteiger partial charge in [-0.15, -0.1) is 0 Å². The van der Waals surface area contributed by atoms with E-state index < -0.39 is 5.97 Å². The number of benzene rings is 1. The third-order valence-corrected chi connectivity index (χ3v) is 4.16. The molecule has 1 N–H and O–H groups in total. The Labute approximate surface area is 151 Å². The zero-order chi connectivity index (χ0) is 18.4. The minimum Gasteiger partial charge on any atom is -0.465 e. The van der Waals surface area contributed by atoms with Gasteiger partial charge in [0.25, 0.3) is 0 Å². The summed E-state index contributed by atoms with van der Waals surface area (Å²) in [6, 6.07) is 8.42. The first kappa shape index (κ1) is 17.8. The van der Waals surface area contributed by atoms with Gasteiger partial charge in [-0.25, -0.2) is 14.8 Å². The molecule has 2 aromatic rings. The van der Waals surface area contributed by atoms with Gasteiger partial charge >= 0.3 is 5.97 Å². The number of piperazine rings is 1. The molecule has 0 spiro atoms. The topological polar surface area (TPSA) is 87.7 Å². The maximum absolute atomic E-state index is 12.2. The number of nitrogens with zero attached hydrogens (tertiary/aromatic N) is 4. The van der Waals surface area contributed by atoms with Gasteiger partial charge in [0, 0.05) is 44.3 Å². The highest BCUT2D eigenvalue weighted by atomic mass is 16.5. The number of rotatable bonds is 5. The number of nitrogens with one attached hydrogen (secondary N) is 1. The maximum Gasteiger partial charge on any atom is 0.337 e. The molecule has 0 atom stereocenters. The lowest BCUT2D eigenvalue weighted by Gasteiger charge is -2.34. The van der Waals surface area contributed by atoms with Crippen molar-refractivity contribution in [3.63, 3.8) is 0 Å². The van der Waals surface area contributed by atoms with Gasteiger partial charge in [-0.3, -0.25) is 9.69 Å². The van der Waals surface area contributed by atoms with Gasteiger partial charge in [0.1, 0.15) is 0 Å². The molecule has 8 heteroatoms. The monoisotopic (exact) mass is 355 g/mol. The van der Waals surface area contributed by atoms with E-state index in [4.69, 9.17) is 0 Å². The molecular formula is C18H21N5O3. The summed E-state index contributed by atoms with van der Waals surface area (Å²) in [5, 5.41) is 2.85. The molecule has 26 heavy (non-hydrogen) atoms. The number of methoxy groups -OCH3 is 1. The standard InChI is InChI=1S/C18H21N5O3/c1-26-17(25)14-3-5-15(6-4-14)21-16(24)13-22-9-11-23(12-10-22)18-19-7-2-8-20-18/h2-8H,9-13H2,1H3,(H,21,24). The molecule has 1 aromatic heterocycles. The second-order valence-corrected chi connectivity index (χ2v) is 5.93. The number of anilines is 2. The van der Waals surface area contributed by atoms with Crippen LogP contribution >= 0.6 is 0 Å². The molecule has 1 aliphatic rings. The second-order valence-electron chi connectivity index (χ2n) is 5.93. The van der Waals surface area contributed by atoms with Crippen LogP contribution in [0.4, 0.5) is 11.6 Å². The van der Waals surface area contributed by atoms with Crippen LogP contribution in [0.15, 0.2) is 42.7 Å².